The second-order valence-electron chi connectivity index (χ2n) is 12.9. The number of unbranched alkanes of at least 4 members (excludes halogenated alkanes) is 1. The number of amides is 1. The molecule has 0 spiro atoms. The van der Waals surface area contributed by atoms with Gasteiger partial charge in [0.2, 0.25) is 0 Å². The van der Waals surface area contributed by atoms with E-state index in [1.165, 1.54) is 16.2 Å². The summed E-state index contributed by atoms with van der Waals surface area (Å²) >= 11 is 1.53. The minimum Gasteiger partial charge on any atom is -0.494 e. The van der Waals surface area contributed by atoms with E-state index in [-0.39, 0.29) is 23.2 Å². The fraction of sp³-hybridized carbons (Fsp3) is 0.275. The van der Waals surface area contributed by atoms with Gasteiger partial charge in [-0.05, 0) is 72.2 Å². The highest BCUT2D eigenvalue weighted by molar-refractivity contribution is 7.14. The second kappa shape index (κ2) is 14.9. The highest BCUT2D eigenvalue weighted by Gasteiger charge is 2.21. The van der Waals surface area contributed by atoms with Crippen molar-refractivity contribution in [3.8, 4) is 39.4 Å². The normalized spacial score (nSPS) is 12.0. The zero-order chi connectivity index (χ0) is 33.6. The van der Waals surface area contributed by atoms with Gasteiger partial charge in [0.25, 0.3) is 5.91 Å². The first-order valence-corrected chi connectivity index (χ1v) is 16.8. The van der Waals surface area contributed by atoms with Crippen LogP contribution in [0.3, 0.4) is 0 Å². The van der Waals surface area contributed by atoms with Crippen molar-refractivity contribution in [2.24, 2.45) is 0 Å². The lowest BCUT2D eigenvalue weighted by Gasteiger charge is -2.19. The summed E-state index contributed by atoms with van der Waals surface area (Å²) in [6.45, 7) is 15.3. The van der Waals surface area contributed by atoms with Crippen molar-refractivity contribution in [2.45, 2.75) is 65.3 Å². The fourth-order valence-electron chi connectivity index (χ4n) is 5.09. The average Bonchev–Trinajstić information content (AvgIpc) is 3.57. The molecule has 0 bridgehead atoms. The van der Waals surface area contributed by atoms with Crippen LogP contribution in [0.1, 0.15) is 67.6 Å². The molecule has 5 nitrogen and oxygen atoms in total. The number of carbonyl (C=O) groups is 1. The SMILES string of the molecule is C=C(C)[C@H](Cc1ccc(-c2ncc(-c3ccc(-c4ccc(OCCCC)cc4)cc3F)cn2)cc1)NC(=O)c1ccc(C(C)(C)C)s1. The van der Waals surface area contributed by atoms with Crippen molar-refractivity contribution in [1.29, 1.82) is 0 Å². The van der Waals surface area contributed by atoms with Gasteiger partial charge in [-0.3, -0.25) is 4.79 Å². The number of halogens is 1. The van der Waals surface area contributed by atoms with Crippen LogP contribution in [0.4, 0.5) is 4.39 Å². The van der Waals surface area contributed by atoms with E-state index in [1.807, 2.05) is 73.7 Å². The second-order valence-corrected chi connectivity index (χ2v) is 14.0. The lowest BCUT2D eigenvalue weighted by molar-refractivity contribution is 0.0946. The first-order valence-electron chi connectivity index (χ1n) is 16.0. The Hall–Kier alpha value is -4.62. The molecule has 0 radical (unpaired) electrons. The highest BCUT2D eigenvalue weighted by atomic mass is 32.1. The monoisotopic (exact) mass is 647 g/mol. The zero-order valence-electron chi connectivity index (χ0n) is 27.8. The summed E-state index contributed by atoms with van der Waals surface area (Å²) in [5.41, 5.74) is 5.56. The third-order valence-corrected chi connectivity index (χ3v) is 9.52. The van der Waals surface area contributed by atoms with E-state index in [9.17, 15) is 4.79 Å². The molecule has 0 aliphatic carbocycles. The van der Waals surface area contributed by atoms with E-state index < -0.39 is 0 Å². The van der Waals surface area contributed by atoms with E-state index in [1.54, 1.807) is 24.5 Å². The van der Waals surface area contributed by atoms with E-state index in [2.05, 4.69) is 49.6 Å². The van der Waals surface area contributed by atoms with Crippen molar-refractivity contribution in [2.75, 3.05) is 6.61 Å². The van der Waals surface area contributed by atoms with Gasteiger partial charge in [-0.1, -0.05) is 94.8 Å². The molecule has 7 heteroatoms. The van der Waals surface area contributed by atoms with Gasteiger partial charge in [0.15, 0.2) is 5.82 Å². The summed E-state index contributed by atoms with van der Waals surface area (Å²) in [5.74, 6) is 0.946. The molecule has 2 heterocycles. The standard InChI is InChI=1S/C40H42FN3O2S/c1-7-8-21-46-32-16-13-28(14-17-32)30-15-18-33(34(41)23-30)31-24-42-38(43-25-31)29-11-9-27(10-12-29)22-35(26(2)3)44-39(45)36-19-20-37(47-36)40(4,5)6/h9-20,23-25,35H,2,7-8,21-22H2,1,3-6H3,(H,44,45)/t35-/m0/s1. The molecule has 0 saturated carbocycles. The number of aromatic nitrogens is 2. The first kappa shape index (κ1) is 33.7. The van der Waals surface area contributed by atoms with Gasteiger partial charge in [0, 0.05) is 34.0 Å². The van der Waals surface area contributed by atoms with Crippen LogP contribution in [0.15, 0.2) is 103 Å². The van der Waals surface area contributed by atoms with Crippen LogP contribution in [0.2, 0.25) is 0 Å². The van der Waals surface area contributed by atoms with Crippen LogP contribution in [0.25, 0.3) is 33.6 Å². The number of carbonyl (C=O) groups excluding carboxylic acids is 1. The highest BCUT2D eigenvalue weighted by Crippen LogP contribution is 2.31. The quantitative estimate of drug-likeness (QED) is 0.108. The number of nitrogens with one attached hydrogen (secondary N) is 1. The summed E-state index contributed by atoms with van der Waals surface area (Å²) in [7, 11) is 0. The van der Waals surface area contributed by atoms with Crippen molar-refractivity contribution < 1.29 is 13.9 Å². The smallest absolute Gasteiger partial charge is 0.261 e. The van der Waals surface area contributed by atoms with Crippen LogP contribution in [0, 0.1) is 5.82 Å². The van der Waals surface area contributed by atoms with Gasteiger partial charge < -0.3 is 10.1 Å². The maximum Gasteiger partial charge on any atom is 0.261 e. The minimum atomic E-state index is -0.334. The van der Waals surface area contributed by atoms with Crippen LogP contribution in [-0.2, 0) is 11.8 Å². The fourth-order valence-corrected chi connectivity index (χ4v) is 6.06. The molecule has 0 unspecified atom stereocenters. The van der Waals surface area contributed by atoms with E-state index in [0.717, 1.165) is 46.4 Å². The molecule has 0 fully saturated rings. The molecule has 0 aliphatic heterocycles. The molecular formula is C40H42FN3O2S. The summed E-state index contributed by atoms with van der Waals surface area (Å²) in [6.07, 6.45) is 6.02. The van der Waals surface area contributed by atoms with E-state index in [4.69, 9.17) is 4.74 Å². The number of hydrogen-bond acceptors (Lipinski definition) is 5. The largest absolute Gasteiger partial charge is 0.494 e. The van der Waals surface area contributed by atoms with Crippen molar-refractivity contribution in [3.05, 3.63) is 125 Å². The number of thiophene rings is 1. The molecule has 2 aromatic heterocycles. The van der Waals surface area contributed by atoms with E-state index in [0.29, 0.717) is 34.9 Å². The molecule has 242 valence electrons. The van der Waals surface area contributed by atoms with Crippen LogP contribution in [-0.4, -0.2) is 28.5 Å². The van der Waals surface area contributed by atoms with Gasteiger partial charge in [-0.2, -0.15) is 0 Å². The Balaban J connectivity index is 1.22. The minimum absolute atomic E-state index is 0.00206. The molecule has 0 saturated heterocycles. The van der Waals surface area contributed by atoms with Crippen molar-refractivity contribution in [1.82, 2.24) is 15.3 Å². The molecule has 3 aromatic carbocycles. The summed E-state index contributed by atoms with van der Waals surface area (Å²) in [6, 6.07) is 24.6. The molecular weight excluding hydrogens is 606 g/mol. The predicted octanol–water partition coefficient (Wildman–Crippen LogP) is 10.1. The predicted molar refractivity (Wildman–Crippen MR) is 191 cm³/mol. The number of rotatable bonds is 12. The third kappa shape index (κ3) is 8.60. The van der Waals surface area contributed by atoms with Gasteiger partial charge in [0.05, 0.1) is 17.5 Å². The topological polar surface area (TPSA) is 64.1 Å². The Morgan fingerprint density at radius 3 is 2.17 bits per heavy atom. The summed E-state index contributed by atoms with van der Waals surface area (Å²) < 4.78 is 21.0. The number of benzene rings is 3. The number of nitrogens with zero attached hydrogens (tertiary/aromatic N) is 2. The van der Waals surface area contributed by atoms with Crippen LogP contribution < -0.4 is 10.1 Å². The third-order valence-electron chi connectivity index (χ3n) is 8.01. The maximum atomic E-state index is 15.2. The van der Waals surface area contributed by atoms with Crippen LogP contribution in [0.5, 0.6) is 5.75 Å². The number of ether oxygens (including phenoxy) is 1. The Kier molecular flexibility index (Phi) is 10.7. The molecule has 0 aliphatic rings. The zero-order valence-corrected chi connectivity index (χ0v) is 28.6. The van der Waals surface area contributed by atoms with E-state index >= 15 is 4.39 Å². The van der Waals surface area contributed by atoms with Crippen LogP contribution >= 0.6 is 11.3 Å². The molecule has 5 rings (SSSR count). The molecule has 1 atom stereocenters. The molecule has 47 heavy (non-hydrogen) atoms. The summed E-state index contributed by atoms with van der Waals surface area (Å²) in [4.78, 5) is 24.0. The lowest BCUT2D eigenvalue weighted by atomic mass is 9.95. The Labute approximate surface area is 281 Å². The van der Waals surface area contributed by atoms with Gasteiger partial charge in [0.1, 0.15) is 11.6 Å². The molecule has 5 aromatic rings. The van der Waals surface area contributed by atoms with Gasteiger partial charge >= 0.3 is 0 Å². The summed E-state index contributed by atoms with van der Waals surface area (Å²) in [5, 5.41) is 3.15. The van der Waals surface area contributed by atoms with Gasteiger partial charge in [-0.15, -0.1) is 11.3 Å². The van der Waals surface area contributed by atoms with Gasteiger partial charge in [-0.25, -0.2) is 14.4 Å². The average molecular weight is 648 g/mol. The first-order chi connectivity index (χ1) is 22.5. The Morgan fingerprint density at radius 2 is 1.57 bits per heavy atom. The maximum absolute atomic E-state index is 15.2. The lowest BCUT2D eigenvalue weighted by Crippen LogP contribution is -2.36. The van der Waals surface area contributed by atoms with Crippen molar-refractivity contribution >= 4 is 17.2 Å². The Morgan fingerprint density at radius 1 is 0.915 bits per heavy atom. The molecule has 1 amide bonds. The number of hydrogen-bond donors (Lipinski definition) is 1. The Bertz CT molecular complexity index is 1820. The van der Waals surface area contributed by atoms with Crippen molar-refractivity contribution in [3.63, 3.8) is 0 Å². The molecule has 1 N–H and O–H groups in total.